The van der Waals surface area contributed by atoms with Gasteiger partial charge >= 0.3 is 0 Å². The molecule has 0 unspecified atom stereocenters. The average Bonchev–Trinajstić information content (AvgIpc) is 2.49. The molecule has 21 heavy (non-hydrogen) atoms. The molecule has 0 saturated heterocycles. The lowest BCUT2D eigenvalue weighted by molar-refractivity contribution is 0.625. The highest BCUT2D eigenvalue weighted by Crippen LogP contribution is 2.13. The second-order valence-corrected chi connectivity index (χ2v) is 4.30. The van der Waals surface area contributed by atoms with Gasteiger partial charge in [-0.05, 0) is 48.0 Å². The van der Waals surface area contributed by atoms with Crippen molar-refractivity contribution in [3.05, 3.63) is 65.2 Å². The number of hydrazone groups is 1. The number of aliphatic imine (C=N–C) groups is 1. The Morgan fingerprint density at radius 1 is 1.05 bits per heavy atom. The van der Waals surface area contributed by atoms with Crippen molar-refractivity contribution in [2.45, 2.75) is 6.54 Å². The van der Waals surface area contributed by atoms with E-state index in [-0.39, 0.29) is 12.4 Å². The van der Waals surface area contributed by atoms with E-state index in [1.54, 1.807) is 6.07 Å². The third-order valence-electron chi connectivity index (χ3n) is 2.79. The topological polar surface area (TPSA) is 76.8 Å². The maximum Gasteiger partial charge on any atom is 0.124 e. The predicted octanol–water partition coefficient (Wildman–Crippen LogP) is 2.49. The zero-order chi connectivity index (χ0) is 15.2. The van der Waals surface area contributed by atoms with Crippen LogP contribution in [0.25, 0.3) is 0 Å². The van der Waals surface area contributed by atoms with Gasteiger partial charge in [-0.15, -0.1) is 0 Å². The minimum Gasteiger partial charge on any atom is -0.326 e. The molecule has 0 heterocycles. The van der Waals surface area contributed by atoms with Gasteiger partial charge in [0.1, 0.15) is 17.3 Å². The molecule has 2 aromatic carbocycles. The van der Waals surface area contributed by atoms with E-state index in [0.29, 0.717) is 22.5 Å². The van der Waals surface area contributed by atoms with Crippen molar-refractivity contribution < 1.29 is 8.78 Å². The van der Waals surface area contributed by atoms with Crippen molar-refractivity contribution in [3.63, 3.8) is 0 Å². The molecule has 6 heteroatoms. The van der Waals surface area contributed by atoms with Crippen molar-refractivity contribution in [3.8, 4) is 0 Å². The van der Waals surface area contributed by atoms with E-state index >= 15 is 0 Å². The van der Waals surface area contributed by atoms with Gasteiger partial charge in [0.2, 0.25) is 0 Å². The van der Waals surface area contributed by atoms with Gasteiger partial charge in [-0.2, -0.15) is 5.10 Å². The van der Waals surface area contributed by atoms with Crippen molar-refractivity contribution in [1.29, 1.82) is 0 Å². The van der Waals surface area contributed by atoms with E-state index in [0.717, 1.165) is 0 Å². The summed E-state index contributed by atoms with van der Waals surface area (Å²) >= 11 is 0. The molecule has 0 aliphatic carbocycles. The van der Waals surface area contributed by atoms with Gasteiger partial charge in [-0.25, -0.2) is 8.78 Å². The number of rotatable bonds is 4. The van der Waals surface area contributed by atoms with Gasteiger partial charge < -0.3 is 11.6 Å². The highest BCUT2D eigenvalue weighted by molar-refractivity contribution is 6.38. The third-order valence-corrected chi connectivity index (χ3v) is 2.79. The minimum atomic E-state index is -0.427. The summed E-state index contributed by atoms with van der Waals surface area (Å²) in [6, 6.07) is 9.93. The molecule has 0 aliphatic rings. The van der Waals surface area contributed by atoms with Gasteiger partial charge in [0, 0.05) is 12.1 Å². The Balaban J connectivity index is 2.28. The van der Waals surface area contributed by atoms with Crippen molar-refractivity contribution in [1.82, 2.24) is 0 Å². The van der Waals surface area contributed by atoms with Crippen molar-refractivity contribution in [2.24, 2.45) is 21.7 Å². The lowest BCUT2D eigenvalue weighted by atomic mass is 10.1. The van der Waals surface area contributed by atoms with Gasteiger partial charge in [0.05, 0.1) is 11.9 Å². The van der Waals surface area contributed by atoms with Crippen LogP contribution in [-0.2, 0) is 6.54 Å². The van der Waals surface area contributed by atoms with Crippen LogP contribution in [0, 0.1) is 11.6 Å². The summed E-state index contributed by atoms with van der Waals surface area (Å²) in [5, 5.41) is 3.59. The van der Waals surface area contributed by atoms with E-state index in [4.69, 9.17) is 11.6 Å². The molecule has 0 spiro atoms. The van der Waals surface area contributed by atoms with Crippen LogP contribution in [0.4, 0.5) is 14.5 Å². The Bertz CT molecular complexity index is 679. The molecule has 0 radical (unpaired) electrons. The lowest BCUT2D eigenvalue weighted by Crippen LogP contribution is -2.08. The maximum atomic E-state index is 13.5. The molecule has 108 valence electrons. The van der Waals surface area contributed by atoms with Crippen LogP contribution in [0.1, 0.15) is 11.1 Å². The van der Waals surface area contributed by atoms with Crippen LogP contribution >= 0.6 is 0 Å². The normalized spacial score (nSPS) is 12.0. The molecule has 0 aliphatic heterocycles. The minimum absolute atomic E-state index is 0.206. The molecule has 4 N–H and O–H groups in total. The zero-order valence-electron chi connectivity index (χ0n) is 11.1. The Labute approximate surface area is 120 Å². The second kappa shape index (κ2) is 6.71. The molecule has 0 atom stereocenters. The van der Waals surface area contributed by atoms with Crippen LogP contribution in [0.2, 0.25) is 0 Å². The highest BCUT2D eigenvalue weighted by Gasteiger charge is 2.05. The lowest BCUT2D eigenvalue weighted by Gasteiger charge is -2.04. The molecular weight excluding hydrogens is 274 g/mol. The maximum absolute atomic E-state index is 13.5. The Kier molecular flexibility index (Phi) is 4.73. The second-order valence-electron chi connectivity index (χ2n) is 4.30. The van der Waals surface area contributed by atoms with Crippen LogP contribution in [0.5, 0.6) is 0 Å². The molecule has 2 rings (SSSR count). The standard InChI is InChI=1S/C15H14F2N4/c16-12-1-3-14(4-2-12)20-9-15(21-19)11-5-10(8-18)6-13(17)7-11/h1-7,9H,8,18-19H2. The van der Waals surface area contributed by atoms with Crippen LogP contribution < -0.4 is 11.6 Å². The van der Waals surface area contributed by atoms with Crippen molar-refractivity contribution >= 4 is 17.6 Å². The predicted molar refractivity (Wildman–Crippen MR) is 79.6 cm³/mol. The van der Waals surface area contributed by atoms with E-state index in [9.17, 15) is 8.78 Å². The fourth-order valence-electron chi connectivity index (χ4n) is 1.76. The fourth-order valence-corrected chi connectivity index (χ4v) is 1.76. The van der Waals surface area contributed by atoms with Crippen LogP contribution in [0.3, 0.4) is 0 Å². The number of hydrogen-bond acceptors (Lipinski definition) is 4. The Morgan fingerprint density at radius 3 is 2.38 bits per heavy atom. The van der Waals surface area contributed by atoms with Crippen LogP contribution in [-0.4, -0.2) is 11.9 Å². The first-order chi connectivity index (χ1) is 10.1. The van der Waals surface area contributed by atoms with Gasteiger partial charge in [-0.1, -0.05) is 0 Å². The summed E-state index contributed by atoms with van der Waals surface area (Å²) in [6.07, 6.45) is 1.39. The molecule has 4 nitrogen and oxygen atoms in total. The van der Waals surface area contributed by atoms with E-state index in [2.05, 4.69) is 10.1 Å². The molecule has 0 bridgehead atoms. The summed E-state index contributed by atoms with van der Waals surface area (Å²) in [5.41, 5.74) is 7.44. The van der Waals surface area contributed by atoms with E-state index < -0.39 is 5.82 Å². The molecule has 0 amide bonds. The molecular formula is C15H14F2N4. The Hall–Kier alpha value is -2.60. The first kappa shape index (κ1) is 14.8. The monoisotopic (exact) mass is 288 g/mol. The number of benzene rings is 2. The van der Waals surface area contributed by atoms with E-state index in [1.165, 1.54) is 42.6 Å². The summed E-state index contributed by atoms with van der Waals surface area (Å²) in [4.78, 5) is 4.12. The van der Waals surface area contributed by atoms with Gasteiger partial charge in [-0.3, -0.25) is 4.99 Å². The van der Waals surface area contributed by atoms with Crippen LogP contribution in [0.15, 0.2) is 52.6 Å². The smallest absolute Gasteiger partial charge is 0.124 e. The molecule has 2 aromatic rings. The van der Waals surface area contributed by atoms with Gasteiger partial charge in [0.25, 0.3) is 0 Å². The average molecular weight is 288 g/mol. The van der Waals surface area contributed by atoms with Crippen molar-refractivity contribution in [2.75, 3.05) is 0 Å². The zero-order valence-corrected chi connectivity index (χ0v) is 11.1. The molecule has 0 aromatic heterocycles. The highest BCUT2D eigenvalue weighted by atomic mass is 19.1. The summed E-state index contributed by atoms with van der Waals surface area (Å²) in [7, 11) is 0. The number of nitrogens with two attached hydrogens (primary N) is 2. The Morgan fingerprint density at radius 2 is 1.76 bits per heavy atom. The number of nitrogens with zero attached hydrogens (tertiary/aromatic N) is 2. The first-order valence-electron chi connectivity index (χ1n) is 6.20. The fraction of sp³-hybridized carbons (Fsp3) is 0.0667. The first-order valence-corrected chi connectivity index (χ1v) is 6.20. The molecule has 0 fully saturated rings. The van der Waals surface area contributed by atoms with E-state index in [1.807, 2.05) is 0 Å². The van der Waals surface area contributed by atoms with Gasteiger partial charge in [0.15, 0.2) is 0 Å². The molecule has 0 saturated carbocycles. The third kappa shape index (κ3) is 3.93. The number of halogens is 2. The SMILES string of the molecule is NCc1cc(F)cc(C(C=Nc2ccc(F)cc2)=NN)c1. The quantitative estimate of drug-likeness (QED) is 0.515. The summed E-state index contributed by atoms with van der Waals surface area (Å²) in [6.45, 7) is 0.206. The summed E-state index contributed by atoms with van der Waals surface area (Å²) < 4.78 is 26.3. The largest absolute Gasteiger partial charge is 0.326 e. The number of hydrogen-bond donors (Lipinski definition) is 2. The summed E-state index contributed by atoms with van der Waals surface area (Å²) in [5.74, 6) is 4.54.